The Kier molecular flexibility index (Phi) is 4.70. The first-order valence-corrected chi connectivity index (χ1v) is 7.14. The summed E-state index contributed by atoms with van der Waals surface area (Å²) in [6.45, 7) is 5.77. The Labute approximate surface area is 128 Å². The highest BCUT2D eigenvalue weighted by Gasteiger charge is 2.28. The van der Waals surface area contributed by atoms with E-state index in [-0.39, 0.29) is 24.3 Å². The van der Waals surface area contributed by atoms with Crippen molar-refractivity contribution in [3.05, 3.63) is 35.6 Å². The van der Waals surface area contributed by atoms with Gasteiger partial charge in [-0.3, -0.25) is 9.59 Å². The van der Waals surface area contributed by atoms with Crippen LogP contribution in [0.4, 0.5) is 0 Å². The Balaban J connectivity index is 2.24. The van der Waals surface area contributed by atoms with Gasteiger partial charge < -0.3 is 10.1 Å². The molecule has 2 amide bonds. The molecule has 6 nitrogen and oxygen atoms in total. The number of allylic oxidation sites excluding steroid dienone is 3. The minimum Gasteiger partial charge on any atom is -0.459 e. The van der Waals surface area contributed by atoms with Gasteiger partial charge in [-0.2, -0.15) is 0 Å². The number of rotatable bonds is 2. The van der Waals surface area contributed by atoms with Crippen LogP contribution >= 0.6 is 0 Å². The highest BCUT2D eigenvalue weighted by Crippen LogP contribution is 2.31. The topological polar surface area (TPSA) is 84.8 Å². The van der Waals surface area contributed by atoms with Crippen LogP contribution in [-0.4, -0.2) is 30.1 Å². The van der Waals surface area contributed by atoms with E-state index in [0.717, 1.165) is 5.57 Å². The number of aliphatic imine (C=N–C) groups is 1. The van der Waals surface area contributed by atoms with Crippen LogP contribution in [-0.2, 0) is 19.1 Å². The lowest BCUT2D eigenvalue weighted by molar-refractivity contribution is -0.152. The molecule has 22 heavy (non-hydrogen) atoms. The van der Waals surface area contributed by atoms with Crippen molar-refractivity contribution in [3.63, 3.8) is 0 Å². The van der Waals surface area contributed by atoms with Crippen molar-refractivity contribution in [3.8, 4) is 0 Å². The van der Waals surface area contributed by atoms with Crippen molar-refractivity contribution in [1.29, 1.82) is 0 Å². The first-order chi connectivity index (χ1) is 10.4. The van der Waals surface area contributed by atoms with Gasteiger partial charge in [0.15, 0.2) is 0 Å². The molecule has 1 N–H and O–H groups in total. The van der Waals surface area contributed by atoms with Gasteiger partial charge in [0.1, 0.15) is 0 Å². The highest BCUT2D eigenvalue weighted by molar-refractivity contribution is 6.36. The maximum atomic E-state index is 11.7. The number of hydrogen-bond acceptors (Lipinski definition) is 4. The first kappa shape index (κ1) is 15.9. The molecule has 6 heteroatoms. The molecule has 1 atom stereocenters. The molecule has 0 aromatic heterocycles. The van der Waals surface area contributed by atoms with Crippen molar-refractivity contribution in [2.24, 2.45) is 16.8 Å². The van der Waals surface area contributed by atoms with E-state index in [1.54, 1.807) is 25.2 Å². The van der Waals surface area contributed by atoms with Crippen molar-refractivity contribution in [2.75, 3.05) is 6.61 Å². The molecule has 0 aromatic carbocycles. The van der Waals surface area contributed by atoms with E-state index in [0.29, 0.717) is 11.4 Å². The molecule has 0 aromatic rings. The predicted molar refractivity (Wildman–Crippen MR) is 80.9 cm³/mol. The van der Waals surface area contributed by atoms with E-state index in [4.69, 9.17) is 0 Å². The molecule has 2 rings (SSSR count). The van der Waals surface area contributed by atoms with Crippen LogP contribution in [0.5, 0.6) is 0 Å². The predicted octanol–water partition coefficient (Wildman–Crippen LogP) is 1.30. The summed E-state index contributed by atoms with van der Waals surface area (Å²) in [5.41, 5.74) is 1.98. The van der Waals surface area contributed by atoms with E-state index in [1.165, 1.54) is 0 Å². The number of nitrogens with one attached hydrogen (secondary N) is 1. The summed E-state index contributed by atoms with van der Waals surface area (Å²) in [4.78, 5) is 38.3. The molecule has 1 aliphatic heterocycles. The molecule has 0 saturated carbocycles. The number of esters is 1. The van der Waals surface area contributed by atoms with E-state index in [2.05, 4.69) is 15.0 Å². The van der Waals surface area contributed by atoms with Gasteiger partial charge in [0.05, 0.1) is 12.3 Å². The summed E-state index contributed by atoms with van der Waals surface area (Å²) >= 11 is 0. The smallest absolute Gasteiger partial charge is 0.399 e. The largest absolute Gasteiger partial charge is 0.459 e. The summed E-state index contributed by atoms with van der Waals surface area (Å²) in [5.74, 6) is -1.95. The van der Waals surface area contributed by atoms with Crippen molar-refractivity contribution in [1.82, 2.24) is 5.32 Å². The molecular formula is C16H18N2O4. The van der Waals surface area contributed by atoms with Crippen LogP contribution in [0, 0.1) is 11.8 Å². The Hall–Kier alpha value is -2.50. The fourth-order valence-corrected chi connectivity index (χ4v) is 2.37. The quantitative estimate of drug-likeness (QED) is 0.615. The Morgan fingerprint density at radius 3 is 2.73 bits per heavy atom. The number of amides is 2. The summed E-state index contributed by atoms with van der Waals surface area (Å²) in [7, 11) is 0. The third-order valence-electron chi connectivity index (χ3n) is 3.37. The van der Waals surface area contributed by atoms with Crippen LogP contribution in [0.15, 0.2) is 40.6 Å². The summed E-state index contributed by atoms with van der Waals surface area (Å²) in [6, 6.07) is 0. The zero-order chi connectivity index (χ0) is 16.3. The maximum Gasteiger partial charge on any atom is 0.399 e. The zero-order valence-electron chi connectivity index (χ0n) is 12.8. The number of carbonyl (C=O) groups is 3. The first-order valence-electron chi connectivity index (χ1n) is 7.14. The number of carbonyl (C=O) groups excluding carboxylic acids is 3. The van der Waals surface area contributed by atoms with Crippen LogP contribution in [0.3, 0.4) is 0 Å². The van der Waals surface area contributed by atoms with E-state index in [1.807, 2.05) is 19.9 Å². The fourth-order valence-electron chi connectivity index (χ4n) is 2.37. The number of nitrogens with zero attached hydrogens (tertiary/aromatic N) is 1. The normalized spacial score (nSPS) is 21.9. The highest BCUT2D eigenvalue weighted by atomic mass is 16.5. The molecule has 0 saturated heterocycles. The van der Waals surface area contributed by atoms with Crippen LogP contribution < -0.4 is 5.32 Å². The number of fused-ring (bicyclic) bond motifs is 1. The summed E-state index contributed by atoms with van der Waals surface area (Å²) in [5, 5.41) is 2.75. The molecule has 2 aliphatic rings. The third-order valence-corrected chi connectivity index (χ3v) is 3.37. The molecule has 1 unspecified atom stereocenters. The minimum atomic E-state index is -0.987. The second-order valence-electron chi connectivity index (χ2n) is 5.29. The van der Waals surface area contributed by atoms with Gasteiger partial charge in [-0.15, -0.1) is 0 Å². The van der Waals surface area contributed by atoms with Gasteiger partial charge in [0.2, 0.25) is 5.91 Å². The fraction of sp³-hybridized carbons (Fsp3) is 0.375. The average molecular weight is 302 g/mol. The average Bonchev–Trinajstić information content (AvgIpc) is 2.46. The van der Waals surface area contributed by atoms with Gasteiger partial charge in [0, 0.05) is 17.7 Å². The molecule has 1 aliphatic carbocycles. The molecular weight excluding hydrogens is 284 g/mol. The SMILES string of the molecule is CCOC(=O)C(=O)N=C1C=CC2C(=C1)NC(=O)C=C2C(C)C. The van der Waals surface area contributed by atoms with Gasteiger partial charge in [-0.25, -0.2) is 9.79 Å². The lowest BCUT2D eigenvalue weighted by atomic mass is 9.82. The van der Waals surface area contributed by atoms with E-state index >= 15 is 0 Å². The number of ether oxygens (including phenoxy) is 1. The molecule has 0 fully saturated rings. The Bertz CT molecular complexity index is 639. The van der Waals surface area contributed by atoms with Crippen molar-refractivity contribution < 1.29 is 19.1 Å². The van der Waals surface area contributed by atoms with Crippen molar-refractivity contribution in [2.45, 2.75) is 20.8 Å². The van der Waals surface area contributed by atoms with Gasteiger partial charge >= 0.3 is 11.9 Å². The molecule has 0 radical (unpaired) electrons. The summed E-state index contributed by atoms with van der Waals surface area (Å²) in [6.07, 6.45) is 6.73. The molecule has 116 valence electrons. The molecule has 0 bridgehead atoms. The zero-order valence-corrected chi connectivity index (χ0v) is 12.8. The van der Waals surface area contributed by atoms with Crippen LogP contribution in [0.2, 0.25) is 0 Å². The summed E-state index contributed by atoms with van der Waals surface area (Å²) < 4.78 is 4.60. The minimum absolute atomic E-state index is 0.0330. The van der Waals surface area contributed by atoms with Crippen LogP contribution in [0.25, 0.3) is 0 Å². The lowest BCUT2D eigenvalue weighted by Crippen LogP contribution is -2.34. The van der Waals surface area contributed by atoms with E-state index in [9.17, 15) is 14.4 Å². The Morgan fingerprint density at radius 1 is 1.36 bits per heavy atom. The third kappa shape index (κ3) is 3.39. The van der Waals surface area contributed by atoms with Crippen molar-refractivity contribution >= 4 is 23.5 Å². The lowest BCUT2D eigenvalue weighted by Gasteiger charge is -2.29. The monoisotopic (exact) mass is 302 g/mol. The standard InChI is InChI=1S/C16H18N2O4/c1-4-22-16(21)15(20)17-10-5-6-11-12(9(2)3)8-14(19)18-13(11)7-10/h5-9,11H,4H2,1-3H3,(H,18,19). The second kappa shape index (κ2) is 6.51. The van der Waals surface area contributed by atoms with Crippen LogP contribution in [0.1, 0.15) is 20.8 Å². The number of hydrogen-bond donors (Lipinski definition) is 1. The van der Waals surface area contributed by atoms with Gasteiger partial charge in [0.25, 0.3) is 0 Å². The van der Waals surface area contributed by atoms with Gasteiger partial charge in [-0.05, 0) is 30.6 Å². The Morgan fingerprint density at radius 2 is 2.09 bits per heavy atom. The maximum absolute atomic E-state index is 11.7. The second-order valence-corrected chi connectivity index (χ2v) is 5.29. The molecule has 1 heterocycles. The van der Waals surface area contributed by atoms with Gasteiger partial charge in [-0.1, -0.05) is 19.9 Å². The molecule has 0 spiro atoms. The van der Waals surface area contributed by atoms with E-state index < -0.39 is 11.9 Å².